The van der Waals surface area contributed by atoms with Gasteiger partial charge in [0.15, 0.2) is 0 Å². The molecule has 0 aromatic heterocycles. The van der Waals surface area contributed by atoms with Crippen molar-refractivity contribution in [3.63, 3.8) is 0 Å². The van der Waals surface area contributed by atoms with Gasteiger partial charge in [0.2, 0.25) is 0 Å². The van der Waals surface area contributed by atoms with Crippen LogP contribution in [-0.2, 0) is 0 Å². The van der Waals surface area contributed by atoms with Crippen LogP contribution in [-0.4, -0.2) is 71.1 Å². The first-order valence-corrected chi connectivity index (χ1v) is 10.6. The molecule has 1 N–H and O–H groups in total. The number of piperazine rings is 1. The zero-order valence-electron chi connectivity index (χ0n) is 18.0. The fourth-order valence-electron chi connectivity index (χ4n) is 4.07. The highest BCUT2D eigenvalue weighted by molar-refractivity contribution is 5.94. The number of rotatable bonds is 6. The number of carbonyl (C=O) groups is 2. The van der Waals surface area contributed by atoms with Crippen molar-refractivity contribution < 1.29 is 14.7 Å². The number of hydrogen-bond donors (Lipinski definition) is 1. The molecular weight excluding hydrogens is 392 g/mol. The van der Waals surface area contributed by atoms with E-state index in [1.807, 2.05) is 56.3 Å². The molecule has 0 bridgehead atoms. The number of benzene rings is 2. The van der Waals surface area contributed by atoms with Crippen molar-refractivity contribution in [3.05, 3.63) is 70.8 Å². The Bertz CT molecular complexity index is 956. The van der Waals surface area contributed by atoms with Gasteiger partial charge in [-0.05, 0) is 49.2 Å². The normalized spacial score (nSPS) is 15.2. The van der Waals surface area contributed by atoms with Gasteiger partial charge in [-0.3, -0.25) is 9.69 Å². The highest BCUT2D eigenvalue weighted by Gasteiger charge is 2.28. The van der Waals surface area contributed by atoms with Gasteiger partial charge in [-0.25, -0.2) is 4.79 Å². The lowest BCUT2D eigenvalue weighted by Gasteiger charge is -2.39. The summed E-state index contributed by atoms with van der Waals surface area (Å²) in [5.74, 6) is 0.00894. The third kappa shape index (κ3) is 5.04. The van der Waals surface area contributed by atoms with E-state index >= 15 is 0 Å². The SMILES string of the molecule is CCN(CC)C(=O)c1ccc(C(c2cccc(C#N)c2)N2CCN(C(=O)O)CC2)cc1. The van der Waals surface area contributed by atoms with E-state index in [2.05, 4.69) is 11.0 Å². The molecule has 1 fully saturated rings. The molecule has 1 heterocycles. The summed E-state index contributed by atoms with van der Waals surface area (Å²) < 4.78 is 0. The maximum Gasteiger partial charge on any atom is 0.407 e. The van der Waals surface area contributed by atoms with Gasteiger partial charge in [0.05, 0.1) is 17.7 Å². The fourth-order valence-corrected chi connectivity index (χ4v) is 4.07. The predicted molar refractivity (Wildman–Crippen MR) is 118 cm³/mol. The van der Waals surface area contributed by atoms with E-state index in [9.17, 15) is 20.0 Å². The number of amides is 2. The van der Waals surface area contributed by atoms with Gasteiger partial charge in [-0.15, -0.1) is 0 Å². The maximum absolute atomic E-state index is 12.7. The topological polar surface area (TPSA) is 87.9 Å². The molecule has 3 rings (SSSR count). The maximum atomic E-state index is 12.7. The molecule has 7 heteroatoms. The molecule has 162 valence electrons. The van der Waals surface area contributed by atoms with Crippen LogP contribution in [0.2, 0.25) is 0 Å². The molecule has 0 radical (unpaired) electrons. The van der Waals surface area contributed by atoms with Crippen LogP contribution in [0.4, 0.5) is 4.79 Å². The number of hydrogen-bond acceptors (Lipinski definition) is 4. The Morgan fingerprint density at radius 1 is 1.03 bits per heavy atom. The average Bonchev–Trinajstić information content (AvgIpc) is 2.81. The summed E-state index contributed by atoms with van der Waals surface area (Å²) in [7, 11) is 0. The van der Waals surface area contributed by atoms with Crippen LogP contribution in [0.1, 0.15) is 46.9 Å². The smallest absolute Gasteiger partial charge is 0.407 e. The van der Waals surface area contributed by atoms with Crippen LogP contribution in [0.15, 0.2) is 48.5 Å². The second-order valence-corrected chi connectivity index (χ2v) is 7.54. The Kier molecular flexibility index (Phi) is 7.27. The average molecular weight is 421 g/mol. The van der Waals surface area contributed by atoms with Crippen LogP contribution >= 0.6 is 0 Å². The summed E-state index contributed by atoms with van der Waals surface area (Å²) in [6.07, 6.45) is -0.901. The fraction of sp³-hybridized carbons (Fsp3) is 0.375. The number of carbonyl (C=O) groups excluding carboxylic acids is 1. The van der Waals surface area contributed by atoms with Crippen molar-refractivity contribution in [2.45, 2.75) is 19.9 Å². The molecule has 1 aliphatic rings. The summed E-state index contributed by atoms with van der Waals surface area (Å²) >= 11 is 0. The van der Waals surface area contributed by atoms with Crippen LogP contribution in [0.25, 0.3) is 0 Å². The molecule has 1 aliphatic heterocycles. The van der Waals surface area contributed by atoms with E-state index in [1.54, 1.807) is 11.0 Å². The van der Waals surface area contributed by atoms with E-state index in [4.69, 9.17) is 0 Å². The van der Waals surface area contributed by atoms with Crippen LogP contribution in [0.3, 0.4) is 0 Å². The molecule has 0 aliphatic carbocycles. The first kappa shape index (κ1) is 22.3. The largest absolute Gasteiger partial charge is 0.465 e. The number of nitrogens with zero attached hydrogens (tertiary/aromatic N) is 4. The minimum atomic E-state index is -0.901. The van der Waals surface area contributed by atoms with Crippen molar-refractivity contribution >= 4 is 12.0 Å². The van der Waals surface area contributed by atoms with Gasteiger partial charge in [-0.2, -0.15) is 5.26 Å². The lowest BCUT2D eigenvalue weighted by Crippen LogP contribution is -2.49. The van der Waals surface area contributed by atoms with Gasteiger partial charge in [0, 0.05) is 44.8 Å². The Labute approximate surface area is 183 Å². The van der Waals surface area contributed by atoms with Crippen molar-refractivity contribution in [2.24, 2.45) is 0 Å². The third-order valence-corrected chi connectivity index (χ3v) is 5.81. The molecule has 0 saturated carbocycles. The molecule has 2 aromatic rings. The Morgan fingerprint density at radius 2 is 1.68 bits per heavy atom. The van der Waals surface area contributed by atoms with Crippen molar-refractivity contribution in [2.75, 3.05) is 39.3 Å². The van der Waals surface area contributed by atoms with Crippen molar-refractivity contribution in [3.8, 4) is 6.07 Å². The molecule has 7 nitrogen and oxygen atoms in total. The monoisotopic (exact) mass is 420 g/mol. The summed E-state index contributed by atoms with van der Waals surface area (Å²) in [5, 5.41) is 18.6. The second-order valence-electron chi connectivity index (χ2n) is 7.54. The van der Waals surface area contributed by atoms with E-state index in [0.717, 1.165) is 11.1 Å². The summed E-state index contributed by atoms with van der Waals surface area (Å²) in [4.78, 5) is 29.4. The van der Waals surface area contributed by atoms with Crippen LogP contribution in [0, 0.1) is 11.3 Å². The Morgan fingerprint density at radius 3 is 2.23 bits per heavy atom. The minimum Gasteiger partial charge on any atom is -0.465 e. The van der Waals surface area contributed by atoms with E-state index in [0.29, 0.717) is 50.4 Å². The lowest BCUT2D eigenvalue weighted by atomic mass is 9.94. The highest BCUT2D eigenvalue weighted by atomic mass is 16.4. The van der Waals surface area contributed by atoms with Crippen LogP contribution in [0.5, 0.6) is 0 Å². The van der Waals surface area contributed by atoms with Gasteiger partial charge in [-0.1, -0.05) is 24.3 Å². The summed E-state index contributed by atoms with van der Waals surface area (Å²) in [6, 6.07) is 17.2. The van der Waals surface area contributed by atoms with E-state index in [-0.39, 0.29) is 11.9 Å². The zero-order chi connectivity index (χ0) is 22.4. The lowest BCUT2D eigenvalue weighted by molar-refractivity contribution is 0.0773. The molecule has 1 unspecified atom stereocenters. The standard InChI is InChI=1S/C24H28N4O3/c1-3-26(4-2)23(29)20-10-8-19(9-11-20)22(21-7-5-6-18(16-21)17-25)27-12-14-28(15-13-27)24(30)31/h5-11,16,22H,3-4,12-15H2,1-2H3,(H,30,31). The summed E-state index contributed by atoms with van der Waals surface area (Å²) in [6.45, 7) is 7.30. The number of nitriles is 1. The second kappa shape index (κ2) is 10.1. The van der Waals surface area contributed by atoms with E-state index < -0.39 is 6.09 Å². The number of carboxylic acid groups (broad SMARTS) is 1. The predicted octanol–water partition coefficient (Wildman–Crippen LogP) is 3.43. The van der Waals surface area contributed by atoms with Gasteiger partial charge >= 0.3 is 6.09 Å². The molecule has 2 aromatic carbocycles. The zero-order valence-corrected chi connectivity index (χ0v) is 18.0. The quantitative estimate of drug-likeness (QED) is 0.774. The van der Waals surface area contributed by atoms with Crippen molar-refractivity contribution in [1.82, 2.24) is 14.7 Å². The minimum absolute atomic E-state index is 0.00894. The third-order valence-electron chi connectivity index (χ3n) is 5.81. The summed E-state index contributed by atoms with van der Waals surface area (Å²) in [5.41, 5.74) is 3.22. The molecule has 0 spiro atoms. The highest BCUT2D eigenvalue weighted by Crippen LogP contribution is 2.30. The molecule has 1 atom stereocenters. The van der Waals surface area contributed by atoms with Crippen LogP contribution < -0.4 is 0 Å². The Balaban J connectivity index is 1.92. The molecule has 2 amide bonds. The first-order valence-electron chi connectivity index (χ1n) is 10.6. The van der Waals surface area contributed by atoms with Gasteiger partial charge in [0.1, 0.15) is 0 Å². The van der Waals surface area contributed by atoms with E-state index in [1.165, 1.54) is 4.90 Å². The van der Waals surface area contributed by atoms with Gasteiger partial charge in [0.25, 0.3) is 5.91 Å². The molecular formula is C24H28N4O3. The Hall–Kier alpha value is -3.37. The molecule has 31 heavy (non-hydrogen) atoms. The first-order chi connectivity index (χ1) is 15.0. The van der Waals surface area contributed by atoms with Gasteiger partial charge < -0.3 is 14.9 Å². The van der Waals surface area contributed by atoms with Crippen molar-refractivity contribution in [1.29, 1.82) is 5.26 Å². The molecule has 1 saturated heterocycles.